The standard InChI is InChI=1S/C26H32N4O5.C2HF3O2/c1-35-20-8-5-18(6-9-20)23(31)28-22-10-7-19(17-21(22)24(32)33)29-15-11-26(12-16-29,25(27)34)30-13-3-2-4-14-30;3-2(4,5)1(6)7/h5-10,17H,2-4,11-16H2,1H3,(H2,27,34)(H,28,31)(H,32,33);(H,6,7). The lowest BCUT2D eigenvalue weighted by molar-refractivity contribution is -0.192. The summed E-state index contributed by atoms with van der Waals surface area (Å²) in [5.41, 5.74) is 6.60. The fourth-order valence-corrected chi connectivity index (χ4v) is 5.13. The van der Waals surface area contributed by atoms with Gasteiger partial charge in [-0.05, 0) is 81.2 Å². The van der Waals surface area contributed by atoms with Crippen molar-refractivity contribution in [1.82, 2.24) is 4.90 Å². The number of aromatic carboxylic acids is 1. The number of nitrogens with zero attached hydrogens (tertiary/aromatic N) is 2. The fourth-order valence-electron chi connectivity index (χ4n) is 5.13. The van der Waals surface area contributed by atoms with Crippen LogP contribution in [0.4, 0.5) is 24.5 Å². The van der Waals surface area contributed by atoms with Crippen LogP contribution in [0.1, 0.15) is 52.8 Å². The molecule has 0 radical (unpaired) electrons. The smallest absolute Gasteiger partial charge is 0.490 e. The Kier molecular flexibility index (Phi) is 10.4. The molecule has 0 atom stereocenters. The molecule has 0 saturated carbocycles. The molecule has 0 spiro atoms. The number of nitrogens with two attached hydrogens (primary N) is 1. The van der Waals surface area contributed by atoms with E-state index in [4.69, 9.17) is 20.4 Å². The summed E-state index contributed by atoms with van der Waals surface area (Å²) >= 11 is 0. The molecule has 14 heteroatoms. The van der Waals surface area contributed by atoms with Crippen molar-refractivity contribution in [3.05, 3.63) is 53.6 Å². The van der Waals surface area contributed by atoms with Crippen molar-refractivity contribution < 1.29 is 47.3 Å². The van der Waals surface area contributed by atoms with Gasteiger partial charge >= 0.3 is 18.1 Å². The van der Waals surface area contributed by atoms with Crippen LogP contribution in [0.25, 0.3) is 0 Å². The average Bonchev–Trinajstić information content (AvgIpc) is 2.97. The molecule has 2 heterocycles. The number of primary amides is 1. The molecule has 42 heavy (non-hydrogen) atoms. The molecule has 2 saturated heterocycles. The quantitative estimate of drug-likeness (QED) is 0.375. The van der Waals surface area contributed by atoms with E-state index in [1.807, 2.05) is 0 Å². The molecule has 2 aromatic rings. The second-order valence-electron chi connectivity index (χ2n) is 9.95. The number of alkyl halides is 3. The molecule has 2 aromatic carbocycles. The molecule has 0 aromatic heterocycles. The van der Waals surface area contributed by atoms with Gasteiger partial charge in [-0.3, -0.25) is 14.5 Å². The van der Waals surface area contributed by atoms with Crippen molar-refractivity contribution in [2.45, 2.75) is 43.8 Å². The number of nitrogens with one attached hydrogen (secondary N) is 1. The molecule has 0 unspecified atom stereocenters. The van der Waals surface area contributed by atoms with Crippen LogP contribution in [0, 0.1) is 0 Å². The van der Waals surface area contributed by atoms with E-state index in [1.165, 1.54) is 6.42 Å². The summed E-state index contributed by atoms with van der Waals surface area (Å²) in [5.74, 6) is -3.95. The number of carbonyl (C=O) groups is 4. The normalized spacial score (nSPS) is 16.9. The molecule has 11 nitrogen and oxygen atoms in total. The number of anilines is 2. The molecule has 4 rings (SSSR count). The topological polar surface area (TPSA) is 162 Å². The lowest BCUT2D eigenvalue weighted by Crippen LogP contribution is -2.63. The number of piperidine rings is 2. The SMILES string of the molecule is COc1ccc(C(=O)Nc2ccc(N3CCC(C(N)=O)(N4CCCCC4)CC3)cc2C(=O)O)cc1.O=C(O)C(F)(F)F. The summed E-state index contributed by atoms with van der Waals surface area (Å²) < 4.78 is 36.8. The van der Waals surface area contributed by atoms with Crippen LogP contribution < -0.4 is 20.7 Å². The fraction of sp³-hybridized carbons (Fsp3) is 0.429. The highest BCUT2D eigenvalue weighted by atomic mass is 19.4. The zero-order chi connectivity index (χ0) is 31.1. The van der Waals surface area contributed by atoms with Crippen molar-refractivity contribution in [1.29, 1.82) is 0 Å². The van der Waals surface area contributed by atoms with E-state index in [2.05, 4.69) is 15.1 Å². The van der Waals surface area contributed by atoms with E-state index in [1.54, 1.807) is 49.6 Å². The van der Waals surface area contributed by atoms with Crippen LogP contribution in [-0.4, -0.2) is 83.9 Å². The second-order valence-corrected chi connectivity index (χ2v) is 9.95. The maximum Gasteiger partial charge on any atom is 0.490 e. The zero-order valence-corrected chi connectivity index (χ0v) is 22.9. The number of amides is 2. The highest BCUT2D eigenvalue weighted by Crippen LogP contribution is 2.34. The van der Waals surface area contributed by atoms with Crippen LogP contribution in [0.15, 0.2) is 42.5 Å². The third-order valence-corrected chi connectivity index (χ3v) is 7.45. The van der Waals surface area contributed by atoms with Gasteiger partial charge in [0, 0.05) is 24.3 Å². The molecule has 2 fully saturated rings. The highest BCUT2D eigenvalue weighted by molar-refractivity contribution is 6.08. The molecule has 2 aliphatic heterocycles. The largest absolute Gasteiger partial charge is 0.497 e. The van der Waals surface area contributed by atoms with Gasteiger partial charge in [0.1, 0.15) is 11.3 Å². The lowest BCUT2D eigenvalue weighted by atomic mass is 9.83. The monoisotopic (exact) mass is 594 g/mol. The van der Waals surface area contributed by atoms with Crippen LogP contribution in [0.5, 0.6) is 5.75 Å². The van der Waals surface area contributed by atoms with E-state index in [-0.39, 0.29) is 17.2 Å². The summed E-state index contributed by atoms with van der Waals surface area (Å²) in [6.07, 6.45) is -0.562. The number of carboxylic acid groups (broad SMARTS) is 2. The van der Waals surface area contributed by atoms with Crippen LogP contribution >= 0.6 is 0 Å². The van der Waals surface area contributed by atoms with Gasteiger partial charge < -0.3 is 30.9 Å². The van der Waals surface area contributed by atoms with Gasteiger partial charge in [0.05, 0.1) is 18.4 Å². The van der Waals surface area contributed by atoms with Gasteiger partial charge in [-0.15, -0.1) is 0 Å². The first-order valence-electron chi connectivity index (χ1n) is 13.2. The number of halogens is 3. The average molecular weight is 595 g/mol. The van der Waals surface area contributed by atoms with E-state index in [0.29, 0.717) is 37.2 Å². The molecule has 2 aliphatic rings. The number of ether oxygens (including phenoxy) is 1. The van der Waals surface area contributed by atoms with Crippen LogP contribution in [-0.2, 0) is 9.59 Å². The van der Waals surface area contributed by atoms with Crippen molar-refractivity contribution in [2.75, 3.05) is 43.5 Å². The predicted molar refractivity (Wildman–Crippen MR) is 147 cm³/mol. The molecule has 2 amide bonds. The van der Waals surface area contributed by atoms with E-state index in [0.717, 1.165) is 31.6 Å². The van der Waals surface area contributed by atoms with E-state index in [9.17, 15) is 32.7 Å². The molecule has 0 aliphatic carbocycles. The number of hydrogen-bond acceptors (Lipinski definition) is 7. The Bertz CT molecular complexity index is 1290. The Hall–Kier alpha value is -4.33. The third-order valence-electron chi connectivity index (χ3n) is 7.45. The minimum Gasteiger partial charge on any atom is -0.497 e. The maximum atomic E-state index is 12.7. The number of hydrogen-bond donors (Lipinski definition) is 4. The molecule has 5 N–H and O–H groups in total. The maximum absolute atomic E-state index is 12.7. The molecule has 0 bridgehead atoms. The number of rotatable bonds is 7. The van der Waals surface area contributed by atoms with Gasteiger partial charge in [0.25, 0.3) is 5.91 Å². The van der Waals surface area contributed by atoms with Crippen LogP contribution in [0.2, 0.25) is 0 Å². The number of carbonyl (C=O) groups excluding carboxylic acids is 2. The predicted octanol–water partition coefficient (Wildman–Crippen LogP) is 3.59. The number of methoxy groups -OCH3 is 1. The molecule has 228 valence electrons. The van der Waals surface area contributed by atoms with Crippen molar-refractivity contribution in [3.63, 3.8) is 0 Å². The second kappa shape index (κ2) is 13.6. The minimum atomic E-state index is -5.08. The number of carboxylic acids is 2. The minimum absolute atomic E-state index is 0.00660. The first-order valence-corrected chi connectivity index (χ1v) is 13.2. The Morgan fingerprint density at radius 1 is 0.929 bits per heavy atom. The summed E-state index contributed by atoms with van der Waals surface area (Å²) in [5, 5.41) is 19.6. The van der Waals surface area contributed by atoms with E-state index >= 15 is 0 Å². The first-order chi connectivity index (χ1) is 19.8. The highest BCUT2D eigenvalue weighted by Gasteiger charge is 2.45. The van der Waals surface area contributed by atoms with Gasteiger partial charge in [0.15, 0.2) is 0 Å². The Labute approximate surface area is 240 Å². The van der Waals surface area contributed by atoms with Crippen LogP contribution in [0.3, 0.4) is 0 Å². The van der Waals surface area contributed by atoms with Crippen molar-refractivity contribution >= 4 is 35.1 Å². The molecular formula is C28H33F3N4O7. The van der Waals surface area contributed by atoms with Gasteiger partial charge in [-0.2, -0.15) is 13.2 Å². The number of aliphatic carboxylic acids is 1. The first kappa shape index (κ1) is 32.2. The lowest BCUT2D eigenvalue weighted by Gasteiger charge is -2.48. The van der Waals surface area contributed by atoms with Crippen molar-refractivity contribution in [3.8, 4) is 5.75 Å². The summed E-state index contributed by atoms with van der Waals surface area (Å²) in [6.45, 7) is 2.95. The molecular weight excluding hydrogens is 561 g/mol. The Balaban J connectivity index is 0.000000616. The third kappa shape index (κ3) is 7.69. The van der Waals surface area contributed by atoms with Gasteiger partial charge in [-0.1, -0.05) is 6.42 Å². The summed E-state index contributed by atoms with van der Waals surface area (Å²) in [7, 11) is 1.54. The number of benzene rings is 2. The summed E-state index contributed by atoms with van der Waals surface area (Å²) in [4.78, 5) is 50.4. The Morgan fingerprint density at radius 3 is 1.98 bits per heavy atom. The van der Waals surface area contributed by atoms with Crippen molar-refractivity contribution in [2.24, 2.45) is 5.73 Å². The van der Waals surface area contributed by atoms with Gasteiger partial charge in [-0.25, -0.2) is 9.59 Å². The number of likely N-dealkylation sites (tertiary alicyclic amines) is 1. The Morgan fingerprint density at radius 2 is 1.50 bits per heavy atom. The van der Waals surface area contributed by atoms with Gasteiger partial charge in [0.2, 0.25) is 5.91 Å². The van der Waals surface area contributed by atoms with E-state index < -0.39 is 29.6 Å². The zero-order valence-electron chi connectivity index (χ0n) is 22.9. The summed E-state index contributed by atoms with van der Waals surface area (Å²) in [6, 6.07) is 11.6.